The zero-order valence-corrected chi connectivity index (χ0v) is 12.3. The van der Waals surface area contributed by atoms with E-state index >= 15 is 0 Å². The average molecular weight is 311 g/mol. The maximum atomic E-state index is 12.1. The van der Waals surface area contributed by atoms with Crippen LogP contribution < -0.4 is 4.74 Å². The molecule has 2 aromatic rings. The zero-order chi connectivity index (χ0) is 16.4. The van der Waals surface area contributed by atoms with Gasteiger partial charge in [-0.05, 0) is 6.07 Å². The highest BCUT2D eigenvalue weighted by Crippen LogP contribution is 2.36. The second kappa shape index (κ2) is 5.92. The molecule has 1 aliphatic rings. The topological polar surface area (TPSA) is 78.7 Å². The number of esters is 1. The highest BCUT2D eigenvalue weighted by atomic mass is 16.6. The minimum atomic E-state index is -0.513. The third-order valence-corrected chi connectivity index (χ3v) is 3.58. The molecule has 0 unspecified atom stereocenters. The quantitative estimate of drug-likeness (QED) is 0.494. The Balaban J connectivity index is 2.09. The van der Waals surface area contributed by atoms with Crippen LogP contribution in [0.4, 0.5) is 5.69 Å². The third-order valence-electron chi connectivity index (χ3n) is 3.58. The Bertz CT molecular complexity index is 811. The van der Waals surface area contributed by atoms with Gasteiger partial charge in [0.05, 0.1) is 17.6 Å². The molecule has 6 nitrogen and oxygen atoms in total. The number of rotatable bonds is 3. The number of methoxy groups -OCH3 is 1. The first-order chi connectivity index (χ1) is 11.1. The van der Waals surface area contributed by atoms with E-state index in [9.17, 15) is 14.9 Å². The highest BCUT2D eigenvalue weighted by Gasteiger charge is 2.27. The molecule has 2 aromatic carbocycles. The first kappa shape index (κ1) is 14.8. The van der Waals surface area contributed by atoms with Gasteiger partial charge >= 0.3 is 5.97 Å². The SMILES string of the molecule is COC(=O)C1=C(c2ccccc2)Oc2ccc([N+](=O)[O-])cc2C1. The summed E-state index contributed by atoms with van der Waals surface area (Å²) in [4.78, 5) is 22.5. The first-order valence-corrected chi connectivity index (χ1v) is 6.92. The number of hydrogen-bond donors (Lipinski definition) is 0. The average Bonchev–Trinajstić information content (AvgIpc) is 2.60. The minimum absolute atomic E-state index is 0.0419. The van der Waals surface area contributed by atoms with E-state index in [-0.39, 0.29) is 12.1 Å². The van der Waals surface area contributed by atoms with Crippen molar-refractivity contribution in [1.29, 1.82) is 0 Å². The van der Waals surface area contributed by atoms with Crippen LogP contribution >= 0.6 is 0 Å². The Labute approximate surface area is 132 Å². The fourth-order valence-electron chi connectivity index (χ4n) is 2.47. The van der Waals surface area contributed by atoms with Gasteiger partial charge in [-0.15, -0.1) is 0 Å². The van der Waals surface area contributed by atoms with Crippen LogP contribution in [0.1, 0.15) is 11.1 Å². The van der Waals surface area contributed by atoms with Gasteiger partial charge in [-0.3, -0.25) is 10.1 Å². The lowest BCUT2D eigenvalue weighted by Crippen LogP contribution is -2.17. The van der Waals surface area contributed by atoms with Gasteiger partial charge in [0.2, 0.25) is 0 Å². The van der Waals surface area contributed by atoms with Crippen molar-refractivity contribution in [2.75, 3.05) is 7.11 Å². The van der Waals surface area contributed by atoms with Crippen molar-refractivity contribution in [3.05, 3.63) is 75.3 Å². The van der Waals surface area contributed by atoms with Crippen LogP contribution in [0.5, 0.6) is 5.75 Å². The molecule has 23 heavy (non-hydrogen) atoms. The van der Waals surface area contributed by atoms with Gasteiger partial charge in [0, 0.05) is 29.7 Å². The number of non-ortho nitro benzene ring substituents is 1. The molecule has 0 aromatic heterocycles. The Hall–Kier alpha value is -3.15. The molecule has 1 heterocycles. The van der Waals surface area contributed by atoms with Crippen LogP contribution in [0, 0.1) is 10.1 Å². The van der Waals surface area contributed by atoms with Crippen molar-refractivity contribution in [3.63, 3.8) is 0 Å². The van der Waals surface area contributed by atoms with Crippen molar-refractivity contribution in [2.45, 2.75) is 6.42 Å². The number of carbonyl (C=O) groups is 1. The van der Waals surface area contributed by atoms with E-state index in [1.807, 2.05) is 30.3 Å². The summed E-state index contributed by atoms with van der Waals surface area (Å²) in [6.07, 6.45) is 0.216. The van der Waals surface area contributed by atoms with E-state index in [0.717, 1.165) is 5.56 Å². The van der Waals surface area contributed by atoms with Gasteiger partial charge in [0.25, 0.3) is 5.69 Å². The molecule has 3 rings (SSSR count). The fourth-order valence-corrected chi connectivity index (χ4v) is 2.47. The van der Waals surface area contributed by atoms with Gasteiger partial charge in [-0.2, -0.15) is 0 Å². The van der Waals surface area contributed by atoms with Crippen molar-refractivity contribution in [3.8, 4) is 5.75 Å². The number of hydrogen-bond acceptors (Lipinski definition) is 5. The van der Waals surface area contributed by atoms with Crippen molar-refractivity contribution in [2.24, 2.45) is 0 Å². The van der Waals surface area contributed by atoms with Gasteiger partial charge in [-0.1, -0.05) is 30.3 Å². The van der Waals surface area contributed by atoms with E-state index in [1.54, 1.807) is 6.07 Å². The van der Waals surface area contributed by atoms with Crippen LogP contribution in [0.15, 0.2) is 54.1 Å². The summed E-state index contributed by atoms with van der Waals surface area (Å²) in [5, 5.41) is 10.9. The summed E-state index contributed by atoms with van der Waals surface area (Å²) in [6, 6.07) is 13.5. The summed E-state index contributed by atoms with van der Waals surface area (Å²) in [7, 11) is 1.29. The monoisotopic (exact) mass is 311 g/mol. The van der Waals surface area contributed by atoms with Gasteiger partial charge in [-0.25, -0.2) is 4.79 Å². The summed E-state index contributed by atoms with van der Waals surface area (Å²) < 4.78 is 10.7. The number of carbonyl (C=O) groups excluding carboxylic acids is 1. The lowest BCUT2D eigenvalue weighted by molar-refractivity contribution is -0.384. The van der Waals surface area contributed by atoms with Gasteiger partial charge < -0.3 is 9.47 Å². The predicted molar refractivity (Wildman–Crippen MR) is 82.8 cm³/mol. The Kier molecular flexibility index (Phi) is 3.80. The molecule has 0 aliphatic carbocycles. The number of ether oxygens (including phenoxy) is 2. The first-order valence-electron chi connectivity index (χ1n) is 6.92. The van der Waals surface area contributed by atoms with E-state index in [0.29, 0.717) is 22.6 Å². The third kappa shape index (κ3) is 2.78. The second-order valence-corrected chi connectivity index (χ2v) is 4.99. The predicted octanol–water partition coefficient (Wildman–Crippen LogP) is 3.11. The van der Waals surface area contributed by atoms with Crippen LogP contribution in [-0.2, 0) is 16.0 Å². The van der Waals surface area contributed by atoms with Crippen LogP contribution in [0.3, 0.4) is 0 Å². The maximum absolute atomic E-state index is 12.1. The largest absolute Gasteiger partial charge is 0.466 e. The molecular weight excluding hydrogens is 298 g/mol. The second-order valence-electron chi connectivity index (χ2n) is 4.99. The minimum Gasteiger partial charge on any atom is -0.466 e. The van der Waals surface area contributed by atoms with Crippen LogP contribution in [0.2, 0.25) is 0 Å². The van der Waals surface area contributed by atoms with Crippen LogP contribution in [-0.4, -0.2) is 18.0 Å². The molecular formula is C17H13NO5. The highest BCUT2D eigenvalue weighted by molar-refractivity contribution is 5.98. The van der Waals surface area contributed by atoms with Gasteiger partial charge in [0.15, 0.2) is 0 Å². The summed E-state index contributed by atoms with van der Waals surface area (Å²) >= 11 is 0. The number of nitro groups is 1. The van der Waals surface area contributed by atoms with E-state index < -0.39 is 10.9 Å². The Morgan fingerprint density at radius 3 is 2.61 bits per heavy atom. The number of nitro benzene ring substituents is 1. The summed E-state index contributed by atoms with van der Waals surface area (Å²) in [5.41, 5.74) is 1.63. The molecule has 0 radical (unpaired) electrons. The van der Waals surface area contributed by atoms with E-state index in [4.69, 9.17) is 9.47 Å². The molecule has 116 valence electrons. The zero-order valence-electron chi connectivity index (χ0n) is 12.3. The number of nitrogens with zero attached hydrogens (tertiary/aromatic N) is 1. The molecule has 0 bridgehead atoms. The van der Waals surface area contributed by atoms with E-state index in [1.165, 1.54) is 19.2 Å². The molecule has 0 saturated carbocycles. The Morgan fingerprint density at radius 1 is 1.22 bits per heavy atom. The lowest BCUT2D eigenvalue weighted by atomic mass is 9.97. The fraction of sp³-hybridized carbons (Fsp3) is 0.118. The van der Waals surface area contributed by atoms with Crippen LogP contribution in [0.25, 0.3) is 5.76 Å². The maximum Gasteiger partial charge on any atom is 0.337 e. The normalized spacial score (nSPS) is 13.1. The molecule has 0 amide bonds. The van der Waals surface area contributed by atoms with Crippen molar-refractivity contribution < 1.29 is 19.2 Å². The molecule has 0 saturated heterocycles. The van der Waals surface area contributed by atoms with Gasteiger partial charge in [0.1, 0.15) is 11.5 Å². The smallest absolute Gasteiger partial charge is 0.337 e. The molecule has 1 aliphatic heterocycles. The van der Waals surface area contributed by atoms with E-state index in [2.05, 4.69) is 0 Å². The molecule has 0 spiro atoms. The molecule has 0 fully saturated rings. The molecule has 6 heteroatoms. The Morgan fingerprint density at radius 2 is 1.96 bits per heavy atom. The number of fused-ring (bicyclic) bond motifs is 1. The standard InChI is InChI=1S/C17H13NO5/c1-22-17(19)14-10-12-9-13(18(20)21)7-8-15(12)23-16(14)11-5-3-2-4-6-11/h2-9H,10H2,1H3. The summed E-state index contributed by atoms with van der Waals surface area (Å²) in [6.45, 7) is 0. The molecule has 0 N–H and O–H groups in total. The lowest BCUT2D eigenvalue weighted by Gasteiger charge is -2.22. The van der Waals surface area contributed by atoms with Crippen molar-refractivity contribution in [1.82, 2.24) is 0 Å². The molecule has 0 atom stereocenters. The van der Waals surface area contributed by atoms with Crippen molar-refractivity contribution >= 4 is 17.4 Å². The number of benzene rings is 2. The summed E-state index contributed by atoms with van der Waals surface area (Å²) in [5.74, 6) is 0.405.